The van der Waals surface area contributed by atoms with Crippen molar-refractivity contribution in [2.24, 2.45) is 27.5 Å². The Labute approximate surface area is 189 Å². The lowest BCUT2D eigenvalue weighted by molar-refractivity contribution is 0.149. The molecule has 2 bridgehead atoms. The zero-order chi connectivity index (χ0) is 22.7. The Hall–Kier alpha value is -3.02. The molecule has 2 aromatic carbocycles. The van der Waals surface area contributed by atoms with Gasteiger partial charge in [0.2, 0.25) is 0 Å². The predicted molar refractivity (Wildman–Crippen MR) is 122 cm³/mol. The van der Waals surface area contributed by atoms with Crippen molar-refractivity contribution in [1.29, 1.82) is 0 Å². The minimum absolute atomic E-state index is 0.212. The molecular formula is C26H30N2O4. The maximum absolute atomic E-state index is 5.61. The van der Waals surface area contributed by atoms with Gasteiger partial charge in [-0.25, -0.2) is 0 Å². The molecule has 5 rings (SSSR count). The number of ether oxygens (including phenoxy) is 4. The summed E-state index contributed by atoms with van der Waals surface area (Å²) >= 11 is 0. The Kier molecular flexibility index (Phi) is 4.56. The van der Waals surface area contributed by atoms with Crippen molar-refractivity contribution >= 4 is 0 Å². The summed E-state index contributed by atoms with van der Waals surface area (Å²) in [4.78, 5) is 0. The third-order valence-corrected chi connectivity index (χ3v) is 8.04. The summed E-state index contributed by atoms with van der Waals surface area (Å²) < 4.78 is 22.4. The van der Waals surface area contributed by atoms with Crippen molar-refractivity contribution in [3.63, 3.8) is 0 Å². The van der Waals surface area contributed by atoms with Crippen molar-refractivity contribution in [2.75, 3.05) is 28.4 Å². The molecule has 1 aliphatic heterocycles. The fourth-order valence-corrected chi connectivity index (χ4v) is 6.53. The third-order valence-electron chi connectivity index (χ3n) is 8.04. The summed E-state index contributed by atoms with van der Waals surface area (Å²) in [5.41, 5.74) is 0.769. The monoisotopic (exact) mass is 434 g/mol. The normalized spacial score (nSPS) is 30.9. The molecule has 0 unspecified atom stereocenters. The lowest BCUT2D eigenvalue weighted by atomic mass is 9.61. The summed E-state index contributed by atoms with van der Waals surface area (Å²) in [6, 6.07) is 12.1. The largest absolute Gasteiger partial charge is 0.497 e. The molecule has 1 heterocycles. The van der Waals surface area contributed by atoms with Gasteiger partial charge in [-0.2, -0.15) is 10.2 Å². The van der Waals surface area contributed by atoms with Gasteiger partial charge >= 0.3 is 0 Å². The van der Waals surface area contributed by atoms with Crippen molar-refractivity contribution in [3.8, 4) is 23.0 Å². The average Bonchev–Trinajstić information content (AvgIpc) is 3.45. The molecule has 3 aliphatic rings. The smallest absolute Gasteiger partial charge is 0.122 e. The van der Waals surface area contributed by atoms with Crippen molar-refractivity contribution in [3.05, 3.63) is 59.7 Å². The van der Waals surface area contributed by atoms with Crippen LogP contribution in [-0.4, -0.2) is 28.4 Å². The summed E-state index contributed by atoms with van der Waals surface area (Å²) in [7, 11) is 6.71. The van der Waals surface area contributed by atoms with E-state index in [0.29, 0.717) is 0 Å². The van der Waals surface area contributed by atoms with Crippen LogP contribution in [0.15, 0.2) is 58.8 Å². The average molecular weight is 435 g/mol. The molecule has 6 nitrogen and oxygen atoms in total. The van der Waals surface area contributed by atoms with Crippen LogP contribution < -0.4 is 18.9 Å². The minimum Gasteiger partial charge on any atom is -0.497 e. The highest BCUT2D eigenvalue weighted by molar-refractivity contribution is 5.53. The van der Waals surface area contributed by atoms with Crippen LogP contribution >= 0.6 is 0 Å². The second kappa shape index (κ2) is 6.99. The van der Waals surface area contributed by atoms with Gasteiger partial charge in [-0.1, -0.05) is 26.0 Å². The van der Waals surface area contributed by atoms with Crippen LogP contribution in [0.25, 0.3) is 0 Å². The Morgan fingerprint density at radius 2 is 1.12 bits per heavy atom. The van der Waals surface area contributed by atoms with Gasteiger partial charge in [0.1, 0.15) is 34.1 Å². The molecule has 0 N–H and O–H groups in total. The molecule has 1 fully saturated rings. The third kappa shape index (κ3) is 2.35. The summed E-state index contributed by atoms with van der Waals surface area (Å²) in [5.74, 6) is 3.52. The van der Waals surface area contributed by atoms with E-state index in [1.54, 1.807) is 28.4 Å². The van der Waals surface area contributed by atoms with E-state index < -0.39 is 11.1 Å². The lowest BCUT2D eigenvalue weighted by Crippen LogP contribution is -2.44. The first kappa shape index (κ1) is 20.9. The fourth-order valence-electron chi connectivity index (χ4n) is 6.53. The van der Waals surface area contributed by atoms with Crippen LogP contribution in [0.3, 0.4) is 0 Å². The number of benzene rings is 2. The molecule has 0 aromatic heterocycles. The van der Waals surface area contributed by atoms with Gasteiger partial charge in [-0.05, 0) is 41.8 Å². The Morgan fingerprint density at radius 1 is 0.688 bits per heavy atom. The first-order valence-electron chi connectivity index (χ1n) is 11.0. The summed E-state index contributed by atoms with van der Waals surface area (Å²) in [5, 5.41) is 10.2. The molecule has 2 aromatic rings. The van der Waals surface area contributed by atoms with Crippen LogP contribution in [0.5, 0.6) is 23.0 Å². The van der Waals surface area contributed by atoms with Gasteiger partial charge in [0.05, 0.1) is 28.4 Å². The number of allylic oxidation sites excluding steroid dienone is 1. The fraction of sp³-hybridized carbons (Fsp3) is 0.462. The first-order chi connectivity index (χ1) is 15.4. The van der Waals surface area contributed by atoms with Gasteiger partial charge in [0, 0.05) is 29.4 Å². The molecule has 32 heavy (non-hydrogen) atoms. The standard InChI is InChI=1S/C26H30N2O4/c1-24(2)25(16-10-18(29-3)14-19(11-16)30-4)22-8-7-9-23(22)26(24,28-27-25)17-12-20(31-5)15-21(13-17)32-6/h7-8,10-15,22-23H,9H2,1-6H3/t22-,23+,25-,26+/m0/s1. The van der Waals surface area contributed by atoms with Crippen LogP contribution in [0, 0.1) is 17.3 Å². The van der Waals surface area contributed by atoms with Crippen molar-refractivity contribution in [2.45, 2.75) is 31.3 Å². The van der Waals surface area contributed by atoms with Crippen LogP contribution in [0.2, 0.25) is 0 Å². The molecule has 0 saturated heterocycles. The molecule has 0 amide bonds. The van der Waals surface area contributed by atoms with E-state index in [-0.39, 0.29) is 17.3 Å². The van der Waals surface area contributed by atoms with E-state index in [1.807, 2.05) is 12.1 Å². The number of hydrogen-bond acceptors (Lipinski definition) is 6. The van der Waals surface area contributed by atoms with Gasteiger partial charge in [0.15, 0.2) is 0 Å². The highest BCUT2D eigenvalue weighted by Gasteiger charge is 2.77. The molecule has 2 aliphatic carbocycles. The zero-order valence-corrected chi connectivity index (χ0v) is 19.5. The summed E-state index contributed by atoms with van der Waals surface area (Å²) in [6.07, 6.45) is 5.56. The van der Waals surface area contributed by atoms with E-state index in [9.17, 15) is 0 Å². The first-order valence-corrected chi connectivity index (χ1v) is 11.0. The number of fused-ring (bicyclic) bond motifs is 5. The Morgan fingerprint density at radius 3 is 1.59 bits per heavy atom. The Balaban J connectivity index is 1.77. The van der Waals surface area contributed by atoms with Crippen LogP contribution in [-0.2, 0) is 11.1 Å². The van der Waals surface area contributed by atoms with Crippen LogP contribution in [0.4, 0.5) is 0 Å². The van der Waals surface area contributed by atoms with Crippen LogP contribution in [0.1, 0.15) is 31.4 Å². The molecular weight excluding hydrogens is 404 g/mol. The molecule has 0 spiro atoms. The quantitative estimate of drug-likeness (QED) is 0.563. The molecule has 4 atom stereocenters. The molecule has 168 valence electrons. The van der Waals surface area contributed by atoms with E-state index in [0.717, 1.165) is 40.5 Å². The lowest BCUT2D eigenvalue weighted by Gasteiger charge is -2.41. The zero-order valence-electron chi connectivity index (χ0n) is 19.5. The predicted octanol–water partition coefficient (Wildman–Crippen LogP) is 5.51. The molecule has 1 saturated carbocycles. The number of azo groups is 1. The Bertz CT molecular complexity index is 1080. The van der Waals surface area contributed by atoms with Gasteiger partial charge in [-0.3, -0.25) is 0 Å². The van der Waals surface area contributed by atoms with Gasteiger partial charge < -0.3 is 18.9 Å². The van der Waals surface area contributed by atoms with E-state index in [1.165, 1.54) is 0 Å². The second-order valence-electron chi connectivity index (χ2n) is 9.36. The molecule has 6 heteroatoms. The number of rotatable bonds is 6. The molecule has 0 radical (unpaired) electrons. The van der Waals surface area contributed by atoms with Crippen molar-refractivity contribution < 1.29 is 18.9 Å². The highest BCUT2D eigenvalue weighted by atomic mass is 16.5. The van der Waals surface area contributed by atoms with Gasteiger partial charge in [-0.15, -0.1) is 0 Å². The highest BCUT2D eigenvalue weighted by Crippen LogP contribution is 2.76. The maximum Gasteiger partial charge on any atom is 0.122 e. The maximum atomic E-state index is 5.61. The second-order valence-corrected chi connectivity index (χ2v) is 9.36. The topological polar surface area (TPSA) is 61.6 Å². The minimum atomic E-state index is -0.539. The van der Waals surface area contributed by atoms with E-state index in [4.69, 9.17) is 29.2 Å². The van der Waals surface area contributed by atoms with Gasteiger partial charge in [0.25, 0.3) is 0 Å². The number of methoxy groups -OCH3 is 4. The van der Waals surface area contributed by atoms with Crippen molar-refractivity contribution in [1.82, 2.24) is 0 Å². The summed E-state index contributed by atoms with van der Waals surface area (Å²) in [6.45, 7) is 4.58. The number of hydrogen-bond donors (Lipinski definition) is 0. The SMILES string of the molecule is COc1cc(OC)cc([C@@]23N=N[C@@](c4cc(OC)cc(OC)c4)([C@H]4C=CC[C@H]42)C3(C)C)c1. The van der Waals surface area contributed by atoms with E-state index in [2.05, 4.69) is 50.3 Å². The van der Waals surface area contributed by atoms with E-state index >= 15 is 0 Å². The number of nitrogens with zero attached hydrogens (tertiary/aromatic N) is 2.